The maximum atomic E-state index is 9.24. The molecule has 2 rings (SSSR count). The molecule has 20 heavy (non-hydrogen) atoms. The van der Waals surface area contributed by atoms with E-state index in [9.17, 15) is 5.26 Å². The summed E-state index contributed by atoms with van der Waals surface area (Å²) < 4.78 is 2.29. The van der Waals surface area contributed by atoms with Crippen LogP contribution in [0.2, 0.25) is 0 Å². The molecule has 1 atom stereocenters. The Balaban J connectivity index is 2.65. The molecule has 0 fully saturated rings. The van der Waals surface area contributed by atoms with E-state index in [1.807, 2.05) is 12.1 Å². The van der Waals surface area contributed by atoms with Gasteiger partial charge in [0.15, 0.2) is 0 Å². The van der Waals surface area contributed by atoms with E-state index < -0.39 is 0 Å². The van der Waals surface area contributed by atoms with E-state index in [4.69, 9.17) is 11.6 Å². The lowest BCUT2D eigenvalue weighted by molar-refractivity contribution is 0.445. The fourth-order valence-corrected chi connectivity index (χ4v) is 2.94. The number of nitrogens with zero attached hydrogens (tertiary/aromatic N) is 3. The highest BCUT2D eigenvalue weighted by atomic mass is 35.5. The van der Waals surface area contributed by atoms with Gasteiger partial charge in [0.05, 0.1) is 11.1 Å². The van der Waals surface area contributed by atoms with Gasteiger partial charge in [0, 0.05) is 18.3 Å². The van der Waals surface area contributed by atoms with Crippen molar-refractivity contribution in [1.82, 2.24) is 9.55 Å². The summed E-state index contributed by atoms with van der Waals surface area (Å²) in [6, 6.07) is 8.47. The van der Waals surface area contributed by atoms with E-state index in [1.54, 1.807) is 0 Å². The van der Waals surface area contributed by atoms with Crippen molar-refractivity contribution < 1.29 is 0 Å². The normalized spacial score (nSPS) is 12.5. The van der Waals surface area contributed by atoms with Crippen LogP contribution in [-0.4, -0.2) is 15.4 Å². The lowest BCUT2D eigenvalue weighted by atomic mass is 10.1. The molecule has 0 aliphatic rings. The number of para-hydroxylation sites is 1. The third-order valence-corrected chi connectivity index (χ3v) is 3.88. The van der Waals surface area contributed by atoms with Crippen molar-refractivity contribution in [1.29, 1.82) is 5.26 Å². The summed E-state index contributed by atoms with van der Waals surface area (Å²) >= 11 is 5.92. The predicted molar refractivity (Wildman–Crippen MR) is 83.1 cm³/mol. The standard InChI is InChI=1S/C16H20ClN3/c1-3-6-13(4-2)20-14-8-5-7-12(11-18)16(14)19-15(20)9-10-17/h5,7-8,13H,3-4,6,9-10H2,1-2H3. The number of hydrogen-bond acceptors (Lipinski definition) is 2. The number of halogens is 1. The fraction of sp³-hybridized carbons (Fsp3) is 0.500. The Bertz CT molecular complexity index is 624. The van der Waals surface area contributed by atoms with Gasteiger partial charge in [0.2, 0.25) is 0 Å². The number of nitriles is 1. The molecule has 0 saturated carbocycles. The predicted octanol–water partition coefficient (Wildman–Crippen LogP) is 4.44. The average Bonchev–Trinajstić information content (AvgIpc) is 2.83. The molecule has 1 aromatic heterocycles. The molecule has 0 aliphatic heterocycles. The molecule has 0 bridgehead atoms. The molecule has 1 unspecified atom stereocenters. The van der Waals surface area contributed by atoms with Crippen molar-refractivity contribution in [2.45, 2.75) is 45.6 Å². The Morgan fingerprint density at radius 3 is 2.80 bits per heavy atom. The molecular weight excluding hydrogens is 270 g/mol. The summed E-state index contributed by atoms with van der Waals surface area (Å²) in [4.78, 5) is 4.68. The van der Waals surface area contributed by atoms with Gasteiger partial charge in [-0.25, -0.2) is 4.98 Å². The van der Waals surface area contributed by atoms with Gasteiger partial charge < -0.3 is 4.57 Å². The minimum absolute atomic E-state index is 0.428. The molecule has 106 valence electrons. The van der Waals surface area contributed by atoms with Crippen LogP contribution in [0.3, 0.4) is 0 Å². The van der Waals surface area contributed by atoms with Crippen LogP contribution in [0.5, 0.6) is 0 Å². The highest BCUT2D eigenvalue weighted by Crippen LogP contribution is 2.28. The minimum atomic E-state index is 0.428. The van der Waals surface area contributed by atoms with Gasteiger partial charge >= 0.3 is 0 Å². The van der Waals surface area contributed by atoms with Crippen molar-refractivity contribution in [3.63, 3.8) is 0 Å². The van der Waals surface area contributed by atoms with E-state index >= 15 is 0 Å². The van der Waals surface area contributed by atoms with Gasteiger partial charge in [-0.2, -0.15) is 5.26 Å². The van der Waals surface area contributed by atoms with E-state index in [0.29, 0.717) is 17.5 Å². The van der Waals surface area contributed by atoms with Crippen molar-refractivity contribution >= 4 is 22.6 Å². The smallest absolute Gasteiger partial charge is 0.111 e. The third-order valence-electron chi connectivity index (χ3n) is 3.69. The summed E-state index contributed by atoms with van der Waals surface area (Å²) in [7, 11) is 0. The summed E-state index contributed by atoms with van der Waals surface area (Å²) in [6.45, 7) is 4.40. The molecule has 0 aliphatic carbocycles. The van der Waals surface area contributed by atoms with Crippen LogP contribution in [0.25, 0.3) is 11.0 Å². The Morgan fingerprint density at radius 1 is 1.40 bits per heavy atom. The molecule has 2 aromatic rings. The number of aryl methyl sites for hydroxylation is 1. The molecule has 3 nitrogen and oxygen atoms in total. The lowest BCUT2D eigenvalue weighted by Gasteiger charge is -2.19. The largest absolute Gasteiger partial charge is 0.325 e. The number of benzene rings is 1. The molecule has 4 heteroatoms. The first-order valence-electron chi connectivity index (χ1n) is 7.22. The first-order valence-corrected chi connectivity index (χ1v) is 7.76. The monoisotopic (exact) mass is 289 g/mol. The Morgan fingerprint density at radius 2 is 2.20 bits per heavy atom. The van der Waals surface area contributed by atoms with Crippen LogP contribution < -0.4 is 0 Å². The van der Waals surface area contributed by atoms with Gasteiger partial charge in [-0.05, 0) is 25.0 Å². The Hall–Kier alpha value is -1.53. The molecule has 0 amide bonds. The second-order valence-corrected chi connectivity index (χ2v) is 5.35. The van der Waals surface area contributed by atoms with Crippen LogP contribution >= 0.6 is 11.6 Å². The van der Waals surface area contributed by atoms with Gasteiger partial charge in [-0.15, -0.1) is 11.6 Å². The number of alkyl halides is 1. The summed E-state index contributed by atoms with van der Waals surface area (Å²) in [6.07, 6.45) is 4.05. The maximum Gasteiger partial charge on any atom is 0.111 e. The average molecular weight is 290 g/mol. The zero-order chi connectivity index (χ0) is 14.5. The molecule has 0 N–H and O–H groups in total. The number of fused-ring (bicyclic) bond motifs is 1. The molecule has 1 aromatic carbocycles. The topological polar surface area (TPSA) is 41.6 Å². The van der Waals surface area contributed by atoms with Crippen LogP contribution in [0.15, 0.2) is 18.2 Å². The number of imidazole rings is 1. The number of hydrogen-bond donors (Lipinski definition) is 0. The summed E-state index contributed by atoms with van der Waals surface area (Å²) in [5.74, 6) is 1.55. The van der Waals surface area contributed by atoms with Crippen LogP contribution in [0.4, 0.5) is 0 Å². The van der Waals surface area contributed by atoms with Crippen LogP contribution in [0.1, 0.15) is 50.5 Å². The van der Waals surface area contributed by atoms with Crippen LogP contribution in [-0.2, 0) is 6.42 Å². The highest BCUT2D eigenvalue weighted by Gasteiger charge is 2.18. The van der Waals surface area contributed by atoms with E-state index in [2.05, 4.69) is 35.5 Å². The lowest BCUT2D eigenvalue weighted by Crippen LogP contribution is -2.12. The fourth-order valence-electron chi connectivity index (χ4n) is 2.77. The molecule has 0 saturated heterocycles. The SMILES string of the molecule is CCCC(CC)n1c(CCCl)nc2c(C#N)cccc21. The second kappa shape index (κ2) is 6.76. The maximum absolute atomic E-state index is 9.24. The molecule has 1 heterocycles. The first-order chi connectivity index (χ1) is 9.76. The van der Waals surface area contributed by atoms with Gasteiger partial charge in [0.25, 0.3) is 0 Å². The second-order valence-electron chi connectivity index (χ2n) is 4.97. The number of aromatic nitrogens is 2. The summed E-state index contributed by atoms with van der Waals surface area (Å²) in [5, 5.41) is 9.24. The minimum Gasteiger partial charge on any atom is -0.325 e. The Labute approximate surface area is 125 Å². The van der Waals surface area contributed by atoms with Gasteiger partial charge in [-0.3, -0.25) is 0 Å². The molecule has 0 spiro atoms. The van der Waals surface area contributed by atoms with Crippen molar-refractivity contribution in [3.05, 3.63) is 29.6 Å². The highest BCUT2D eigenvalue weighted by molar-refractivity contribution is 6.17. The zero-order valence-electron chi connectivity index (χ0n) is 12.1. The quantitative estimate of drug-likeness (QED) is 0.738. The van der Waals surface area contributed by atoms with E-state index in [1.165, 1.54) is 0 Å². The van der Waals surface area contributed by atoms with Gasteiger partial charge in [-0.1, -0.05) is 26.3 Å². The molecular formula is C16H20ClN3. The van der Waals surface area contributed by atoms with Crippen molar-refractivity contribution in [2.24, 2.45) is 0 Å². The summed E-state index contributed by atoms with van der Waals surface area (Å²) in [5.41, 5.74) is 2.51. The van der Waals surface area contributed by atoms with Gasteiger partial charge in [0.1, 0.15) is 17.4 Å². The third kappa shape index (κ3) is 2.66. The van der Waals surface area contributed by atoms with Crippen molar-refractivity contribution in [2.75, 3.05) is 5.88 Å². The number of rotatable bonds is 6. The Kier molecular flexibility index (Phi) is 5.03. The zero-order valence-corrected chi connectivity index (χ0v) is 12.8. The van der Waals surface area contributed by atoms with E-state index in [-0.39, 0.29) is 0 Å². The van der Waals surface area contributed by atoms with Crippen LogP contribution in [0, 0.1) is 11.3 Å². The molecule has 0 radical (unpaired) electrons. The van der Waals surface area contributed by atoms with E-state index in [0.717, 1.165) is 42.5 Å². The van der Waals surface area contributed by atoms with Crippen molar-refractivity contribution in [3.8, 4) is 6.07 Å². The first kappa shape index (κ1) is 14.9.